The molecule has 0 unspecified atom stereocenters. The number of hydrogen-bond acceptors (Lipinski definition) is 4. The van der Waals surface area contributed by atoms with E-state index in [1.54, 1.807) is 34.8 Å². The number of hydrogen-bond donors (Lipinski definition) is 0. The van der Waals surface area contributed by atoms with Gasteiger partial charge in [-0.2, -0.15) is 9.78 Å². The van der Waals surface area contributed by atoms with E-state index < -0.39 is 0 Å². The summed E-state index contributed by atoms with van der Waals surface area (Å²) in [6, 6.07) is 11.5. The van der Waals surface area contributed by atoms with Gasteiger partial charge in [0.2, 0.25) is 5.16 Å². The van der Waals surface area contributed by atoms with Crippen LogP contribution < -0.4 is 0 Å². The maximum Gasteiger partial charge on any atom is 0.212 e. The Bertz CT molecular complexity index is 1000. The molecule has 0 radical (unpaired) electrons. The number of rotatable bonds is 6. The van der Waals surface area contributed by atoms with Gasteiger partial charge in [-0.1, -0.05) is 88.5 Å². The molecule has 0 saturated heterocycles. The average molecular weight is 519 g/mol. The van der Waals surface area contributed by atoms with E-state index in [1.807, 2.05) is 26.0 Å². The first-order chi connectivity index (χ1) is 13.4. The van der Waals surface area contributed by atoms with Gasteiger partial charge in [-0.15, -0.1) is 10.2 Å². The third kappa shape index (κ3) is 5.10. The molecule has 0 amide bonds. The third-order valence-electron chi connectivity index (χ3n) is 3.82. The maximum atomic E-state index is 6.28. The molecule has 1 heterocycles. The topological polar surface area (TPSA) is 43.1 Å². The number of benzene rings is 2. The molecule has 9 heteroatoms. The number of aromatic nitrogens is 3. The van der Waals surface area contributed by atoms with Crippen molar-refractivity contribution in [1.29, 1.82) is 0 Å². The highest BCUT2D eigenvalue weighted by Crippen LogP contribution is 2.31. The highest BCUT2D eigenvalue weighted by molar-refractivity contribution is 9.10. The van der Waals surface area contributed by atoms with Crippen molar-refractivity contribution in [1.82, 2.24) is 14.9 Å². The lowest BCUT2D eigenvalue weighted by Gasteiger charge is -2.08. The van der Waals surface area contributed by atoms with Crippen molar-refractivity contribution in [3.8, 4) is 0 Å². The van der Waals surface area contributed by atoms with Gasteiger partial charge in [0.15, 0.2) is 5.82 Å². The van der Waals surface area contributed by atoms with Crippen LogP contribution in [0.4, 0.5) is 0 Å². The van der Waals surface area contributed by atoms with Gasteiger partial charge in [-0.25, -0.2) is 0 Å². The molecule has 3 rings (SSSR count). The summed E-state index contributed by atoms with van der Waals surface area (Å²) < 4.78 is 2.77. The van der Waals surface area contributed by atoms with Crippen LogP contribution in [-0.4, -0.2) is 21.1 Å². The Morgan fingerprint density at radius 2 is 1.75 bits per heavy atom. The number of thioether (sulfide) groups is 1. The highest BCUT2D eigenvalue weighted by atomic mass is 79.9. The van der Waals surface area contributed by atoms with Crippen LogP contribution in [0.1, 0.15) is 36.7 Å². The molecule has 0 saturated carbocycles. The van der Waals surface area contributed by atoms with Gasteiger partial charge in [0.25, 0.3) is 0 Å². The minimum atomic E-state index is 0.150. The average Bonchev–Trinajstić information content (AvgIpc) is 3.07. The lowest BCUT2D eigenvalue weighted by atomic mass is 10.2. The van der Waals surface area contributed by atoms with Gasteiger partial charge in [0.05, 0.1) is 21.3 Å². The van der Waals surface area contributed by atoms with E-state index >= 15 is 0 Å². The fraction of sp³-hybridized carbons (Fsp3) is 0.211. The first-order valence-corrected chi connectivity index (χ1v) is 11.3. The maximum absolute atomic E-state index is 6.28. The molecule has 2 aromatic carbocycles. The van der Waals surface area contributed by atoms with E-state index in [4.69, 9.17) is 34.8 Å². The molecule has 1 aromatic heterocycles. The molecule has 0 aliphatic rings. The van der Waals surface area contributed by atoms with Crippen LogP contribution in [0.3, 0.4) is 0 Å². The van der Waals surface area contributed by atoms with Crippen LogP contribution in [0.25, 0.3) is 0 Å². The summed E-state index contributed by atoms with van der Waals surface area (Å²) in [5.74, 6) is 1.65. The summed E-state index contributed by atoms with van der Waals surface area (Å²) in [6.45, 7) is 4.08. The van der Waals surface area contributed by atoms with Crippen LogP contribution in [0.2, 0.25) is 15.1 Å². The predicted octanol–water partition coefficient (Wildman–Crippen LogP) is 7.30. The summed E-state index contributed by atoms with van der Waals surface area (Å²) in [6.07, 6.45) is 1.59. The quantitative estimate of drug-likeness (QED) is 0.195. The van der Waals surface area contributed by atoms with E-state index in [1.165, 1.54) is 5.56 Å². The first kappa shape index (κ1) is 21.7. The monoisotopic (exact) mass is 516 g/mol. The van der Waals surface area contributed by atoms with Crippen molar-refractivity contribution < 1.29 is 0 Å². The predicted molar refractivity (Wildman–Crippen MR) is 122 cm³/mol. The summed E-state index contributed by atoms with van der Waals surface area (Å²) in [4.78, 5) is 0. The zero-order chi connectivity index (χ0) is 20.3. The number of nitrogens with zero attached hydrogens (tertiary/aromatic N) is 4. The highest BCUT2D eigenvalue weighted by Gasteiger charge is 2.16. The van der Waals surface area contributed by atoms with E-state index in [2.05, 4.69) is 43.4 Å². The normalized spacial score (nSPS) is 11.7. The molecular weight excluding hydrogens is 503 g/mol. The molecule has 0 aliphatic heterocycles. The molecule has 146 valence electrons. The minimum Gasteiger partial charge on any atom is -0.191 e. The summed E-state index contributed by atoms with van der Waals surface area (Å²) in [5.41, 5.74) is 1.74. The molecule has 0 atom stereocenters. The Labute approximate surface area is 191 Å². The number of halogens is 4. The van der Waals surface area contributed by atoms with Crippen molar-refractivity contribution in [3.05, 3.63) is 72.9 Å². The van der Waals surface area contributed by atoms with Gasteiger partial charge in [0, 0.05) is 21.7 Å². The molecule has 28 heavy (non-hydrogen) atoms. The SMILES string of the molecule is CC(C)c1nnc(SCc2ccc(Br)cc2)n1/N=C/c1c(Cl)ccc(Cl)c1Cl. The zero-order valence-corrected chi connectivity index (χ0v) is 19.7. The van der Waals surface area contributed by atoms with Gasteiger partial charge in [0.1, 0.15) is 0 Å². The Morgan fingerprint density at radius 3 is 2.43 bits per heavy atom. The Balaban J connectivity index is 1.90. The van der Waals surface area contributed by atoms with Crippen molar-refractivity contribution in [2.75, 3.05) is 0 Å². The molecule has 4 nitrogen and oxygen atoms in total. The molecule has 3 aromatic rings. The Hall–Kier alpha value is -1.05. The van der Waals surface area contributed by atoms with Crippen LogP contribution in [-0.2, 0) is 5.75 Å². The van der Waals surface area contributed by atoms with Crippen molar-refractivity contribution in [2.45, 2.75) is 30.7 Å². The first-order valence-electron chi connectivity index (χ1n) is 8.37. The standard InChI is InChI=1S/C19H16BrCl3N4S/c1-11(2)18-25-26-19(28-10-12-3-5-13(20)6-4-12)27(18)24-9-14-15(21)7-8-16(22)17(14)23/h3-9,11H,10H2,1-2H3/b24-9+. The largest absolute Gasteiger partial charge is 0.212 e. The minimum absolute atomic E-state index is 0.150. The van der Waals surface area contributed by atoms with Crippen molar-refractivity contribution in [3.63, 3.8) is 0 Å². The van der Waals surface area contributed by atoms with Crippen molar-refractivity contribution in [2.24, 2.45) is 5.10 Å². The summed E-state index contributed by atoms with van der Waals surface area (Å²) >= 11 is 23.6. The van der Waals surface area contributed by atoms with E-state index in [0.717, 1.165) is 16.0 Å². The lowest BCUT2D eigenvalue weighted by molar-refractivity contribution is 0.667. The fourth-order valence-electron chi connectivity index (χ4n) is 2.34. The zero-order valence-electron chi connectivity index (χ0n) is 15.0. The smallest absolute Gasteiger partial charge is 0.191 e. The lowest BCUT2D eigenvalue weighted by Crippen LogP contribution is -2.02. The van der Waals surface area contributed by atoms with Gasteiger partial charge in [-0.05, 0) is 29.8 Å². The second-order valence-corrected chi connectivity index (χ2v) is 9.27. The molecule has 0 N–H and O–H groups in total. The Morgan fingerprint density at radius 1 is 1.07 bits per heavy atom. The molecule has 0 bridgehead atoms. The Kier molecular flexibility index (Phi) is 7.45. The van der Waals surface area contributed by atoms with Gasteiger partial charge in [-0.3, -0.25) is 0 Å². The fourth-order valence-corrected chi connectivity index (χ4v) is 4.09. The second kappa shape index (κ2) is 9.63. The van der Waals surface area contributed by atoms with Crippen molar-refractivity contribution >= 4 is 68.7 Å². The van der Waals surface area contributed by atoms with Crippen LogP contribution in [0.5, 0.6) is 0 Å². The summed E-state index contributed by atoms with van der Waals surface area (Å²) in [7, 11) is 0. The molecule has 0 spiro atoms. The molecular formula is C19H16BrCl3N4S. The van der Waals surface area contributed by atoms with E-state index in [0.29, 0.717) is 25.8 Å². The summed E-state index contributed by atoms with van der Waals surface area (Å²) in [5, 5.41) is 15.1. The van der Waals surface area contributed by atoms with E-state index in [-0.39, 0.29) is 5.92 Å². The second-order valence-electron chi connectivity index (χ2n) is 6.22. The molecule has 0 fully saturated rings. The van der Waals surface area contributed by atoms with Crippen LogP contribution in [0, 0.1) is 0 Å². The van der Waals surface area contributed by atoms with Gasteiger partial charge >= 0.3 is 0 Å². The van der Waals surface area contributed by atoms with Crippen LogP contribution in [0.15, 0.2) is 51.1 Å². The third-order valence-corrected chi connectivity index (χ3v) is 6.48. The molecule has 0 aliphatic carbocycles. The van der Waals surface area contributed by atoms with Gasteiger partial charge < -0.3 is 0 Å². The van der Waals surface area contributed by atoms with Crippen LogP contribution >= 0.6 is 62.5 Å². The van der Waals surface area contributed by atoms with E-state index in [9.17, 15) is 0 Å².